The van der Waals surface area contributed by atoms with Crippen molar-refractivity contribution in [1.82, 2.24) is 0 Å². The van der Waals surface area contributed by atoms with E-state index in [1.807, 2.05) is 12.1 Å². The molecule has 0 aromatic heterocycles. The van der Waals surface area contributed by atoms with Gasteiger partial charge in [0.2, 0.25) is 0 Å². The van der Waals surface area contributed by atoms with Gasteiger partial charge in [0.1, 0.15) is 5.75 Å². The average Bonchev–Trinajstić information content (AvgIpc) is 2.36. The van der Waals surface area contributed by atoms with E-state index in [2.05, 4.69) is 26.8 Å². The van der Waals surface area contributed by atoms with Crippen LogP contribution in [0.1, 0.15) is 57.2 Å². The van der Waals surface area contributed by atoms with Crippen LogP contribution in [0.5, 0.6) is 5.75 Å². The van der Waals surface area contributed by atoms with Crippen molar-refractivity contribution in [2.75, 3.05) is 7.11 Å². The number of benzene rings is 1. The third kappa shape index (κ3) is 4.53. The van der Waals surface area contributed by atoms with E-state index in [1.165, 1.54) is 5.56 Å². The number of nitrogens with two attached hydrogens (primary N) is 1. The Morgan fingerprint density at radius 2 is 2.05 bits per heavy atom. The van der Waals surface area contributed by atoms with Crippen molar-refractivity contribution < 1.29 is 14.6 Å². The lowest BCUT2D eigenvalue weighted by Gasteiger charge is -2.23. The van der Waals surface area contributed by atoms with Gasteiger partial charge in [-0.3, -0.25) is 4.79 Å². The maximum atomic E-state index is 10.6. The Kier molecular flexibility index (Phi) is 5.57. The van der Waals surface area contributed by atoms with Gasteiger partial charge in [0, 0.05) is 18.0 Å². The largest absolute Gasteiger partial charge is 0.496 e. The molecule has 0 saturated carbocycles. The number of aliphatic carboxylic acids is 1. The molecule has 0 aliphatic rings. The van der Waals surface area contributed by atoms with E-state index in [1.54, 1.807) is 7.11 Å². The van der Waals surface area contributed by atoms with Crippen molar-refractivity contribution in [3.8, 4) is 5.75 Å². The molecule has 0 fully saturated rings. The van der Waals surface area contributed by atoms with Crippen LogP contribution < -0.4 is 10.5 Å². The fraction of sp³-hybridized carbons (Fsp3) is 0.562. The molecule has 0 spiro atoms. The minimum Gasteiger partial charge on any atom is -0.496 e. The van der Waals surface area contributed by atoms with E-state index in [4.69, 9.17) is 15.6 Å². The predicted octanol–water partition coefficient (Wildman–Crippen LogP) is 3.25. The second-order valence-corrected chi connectivity index (χ2v) is 6.10. The topological polar surface area (TPSA) is 72.5 Å². The third-order valence-electron chi connectivity index (χ3n) is 3.40. The molecule has 20 heavy (non-hydrogen) atoms. The quantitative estimate of drug-likeness (QED) is 0.838. The highest BCUT2D eigenvalue weighted by Gasteiger charge is 2.19. The summed E-state index contributed by atoms with van der Waals surface area (Å²) in [5.74, 6) is -0.0200. The summed E-state index contributed by atoms with van der Waals surface area (Å²) >= 11 is 0. The maximum Gasteiger partial charge on any atom is 0.303 e. The van der Waals surface area contributed by atoms with E-state index in [-0.39, 0.29) is 17.9 Å². The van der Waals surface area contributed by atoms with Gasteiger partial charge in [-0.15, -0.1) is 0 Å². The van der Waals surface area contributed by atoms with Gasteiger partial charge < -0.3 is 15.6 Å². The molecule has 0 aliphatic heterocycles. The average molecular weight is 279 g/mol. The van der Waals surface area contributed by atoms with Gasteiger partial charge in [-0.05, 0) is 29.9 Å². The number of carboxylic acids is 1. The molecular formula is C16H25NO3. The van der Waals surface area contributed by atoms with E-state index >= 15 is 0 Å². The van der Waals surface area contributed by atoms with Crippen molar-refractivity contribution in [1.29, 1.82) is 0 Å². The van der Waals surface area contributed by atoms with Crippen molar-refractivity contribution >= 4 is 5.97 Å². The monoisotopic (exact) mass is 279 g/mol. The Morgan fingerprint density at radius 3 is 2.55 bits per heavy atom. The van der Waals surface area contributed by atoms with E-state index < -0.39 is 5.97 Å². The number of methoxy groups -OCH3 is 1. The van der Waals surface area contributed by atoms with Gasteiger partial charge in [0.15, 0.2) is 0 Å². The van der Waals surface area contributed by atoms with Gasteiger partial charge >= 0.3 is 5.97 Å². The molecule has 0 bridgehead atoms. The highest BCUT2D eigenvalue weighted by molar-refractivity contribution is 5.66. The Bertz CT molecular complexity index is 463. The van der Waals surface area contributed by atoms with E-state index in [0.717, 1.165) is 11.3 Å². The van der Waals surface area contributed by atoms with Gasteiger partial charge in [0.05, 0.1) is 7.11 Å². The predicted molar refractivity (Wildman–Crippen MR) is 80.1 cm³/mol. The summed E-state index contributed by atoms with van der Waals surface area (Å²) in [7, 11) is 1.62. The highest BCUT2D eigenvalue weighted by Crippen LogP contribution is 2.32. The zero-order valence-corrected chi connectivity index (χ0v) is 12.8. The molecule has 0 radical (unpaired) electrons. The fourth-order valence-electron chi connectivity index (χ4n) is 2.12. The summed E-state index contributed by atoms with van der Waals surface area (Å²) in [6.45, 7) is 6.44. The van der Waals surface area contributed by atoms with Crippen LogP contribution >= 0.6 is 0 Å². The van der Waals surface area contributed by atoms with Crippen LogP contribution in [-0.4, -0.2) is 18.2 Å². The van der Waals surface area contributed by atoms with Crippen molar-refractivity contribution in [3.05, 3.63) is 29.3 Å². The molecule has 112 valence electrons. The summed E-state index contributed by atoms with van der Waals surface area (Å²) in [4.78, 5) is 10.6. The number of hydrogen-bond acceptors (Lipinski definition) is 3. The minimum absolute atomic E-state index is 0.0435. The first-order valence-electron chi connectivity index (χ1n) is 6.91. The number of rotatable bonds is 6. The molecule has 1 rings (SSSR count). The molecule has 1 aromatic carbocycles. The van der Waals surface area contributed by atoms with Crippen LogP contribution in [0.3, 0.4) is 0 Å². The lowest BCUT2D eigenvalue weighted by Crippen LogP contribution is -2.16. The zero-order chi connectivity index (χ0) is 15.3. The van der Waals surface area contributed by atoms with Crippen molar-refractivity contribution in [3.63, 3.8) is 0 Å². The normalized spacial score (nSPS) is 13.1. The smallest absolute Gasteiger partial charge is 0.303 e. The van der Waals surface area contributed by atoms with Gasteiger partial charge in [-0.2, -0.15) is 0 Å². The summed E-state index contributed by atoms with van der Waals surface area (Å²) in [6, 6.07) is 5.86. The summed E-state index contributed by atoms with van der Waals surface area (Å²) < 4.78 is 5.37. The molecule has 4 nitrogen and oxygen atoms in total. The number of ether oxygens (including phenoxy) is 1. The van der Waals surface area contributed by atoms with Crippen molar-refractivity contribution in [2.45, 2.75) is 51.5 Å². The Balaban J connectivity index is 2.92. The Hall–Kier alpha value is -1.55. The molecule has 0 heterocycles. The number of carboxylic acid groups (broad SMARTS) is 1. The van der Waals surface area contributed by atoms with Crippen LogP contribution in [0.25, 0.3) is 0 Å². The highest BCUT2D eigenvalue weighted by atomic mass is 16.5. The van der Waals surface area contributed by atoms with Gasteiger partial charge in [-0.1, -0.05) is 32.9 Å². The fourth-order valence-corrected chi connectivity index (χ4v) is 2.12. The van der Waals surface area contributed by atoms with Crippen molar-refractivity contribution in [2.24, 2.45) is 5.73 Å². The zero-order valence-electron chi connectivity index (χ0n) is 12.8. The van der Waals surface area contributed by atoms with Crippen LogP contribution in [0.15, 0.2) is 18.2 Å². The molecule has 0 saturated heterocycles. The molecule has 1 aromatic rings. The van der Waals surface area contributed by atoms with Crippen LogP contribution in [0, 0.1) is 0 Å². The lowest BCUT2D eigenvalue weighted by atomic mass is 9.85. The number of carbonyl (C=O) groups is 1. The standard InChI is InChI=1S/C16H25NO3/c1-16(2,3)11-8-9-14(20-4)12(10-11)13(17)6-5-7-15(18)19/h8-10,13H,5-7,17H2,1-4H3,(H,18,19). The first-order chi connectivity index (χ1) is 9.25. The molecule has 1 unspecified atom stereocenters. The van der Waals surface area contributed by atoms with E-state index in [0.29, 0.717) is 12.8 Å². The van der Waals surface area contributed by atoms with Crippen LogP contribution in [0.2, 0.25) is 0 Å². The molecule has 1 atom stereocenters. The SMILES string of the molecule is COc1ccc(C(C)(C)C)cc1C(N)CCCC(=O)O. The van der Waals surface area contributed by atoms with Crippen LogP contribution in [0.4, 0.5) is 0 Å². The van der Waals surface area contributed by atoms with Gasteiger partial charge in [0.25, 0.3) is 0 Å². The molecule has 0 aliphatic carbocycles. The van der Waals surface area contributed by atoms with Crippen LogP contribution in [-0.2, 0) is 10.2 Å². The second kappa shape index (κ2) is 6.75. The molecule has 4 heteroatoms. The Labute approximate surface area is 120 Å². The molecule has 3 N–H and O–H groups in total. The minimum atomic E-state index is -0.785. The summed E-state index contributed by atoms with van der Waals surface area (Å²) in [5, 5.41) is 8.68. The third-order valence-corrected chi connectivity index (χ3v) is 3.40. The second-order valence-electron chi connectivity index (χ2n) is 6.10. The first kappa shape index (κ1) is 16.5. The number of hydrogen-bond donors (Lipinski definition) is 2. The summed E-state index contributed by atoms with van der Waals surface area (Å²) in [5.41, 5.74) is 8.39. The summed E-state index contributed by atoms with van der Waals surface area (Å²) in [6.07, 6.45) is 1.35. The Morgan fingerprint density at radius 1 is 1.40 bits per heavy atom. The van der Waals surface area contributed by atoms with Gasteiger partial charge in [-0.25, -0.2) is 0 Å². The lowest BCUT2D eigenvalue weighted by molar-refractivity contribution is -0.137. The maximum absolute atomic E-state index is 10.6. The molecular weight excluding hydrogens is 254 g/mol. The first-order valence-corrected chi connectivity index (χ1v) is 6.91. The molecule has 0 amide bonds. The van der Waals surface area contributed by atoms with E-state index in [9.17, 15) is 4.79 Å².